The lowest BCUT2D eigenvalue weighted by atomic mass is 10.1. The van der Waals surface area contributed by atoms with E-state index in [9.17, 15) is 0 Å². The van der Waals surface area contributed by atoms with Gasteiger partial charge in [-0.2, -0.15) is 0 Å². The summed E-state index contributed by atoms with van der Waals surface area (Å²) < 4.78 is 5.28. The van der Waals surface area contributed by atoms with Crippen LogP contribution in [0, 0.1) is 6.92 Å². The first kappa shape index (κ1) is 16.7. The van der Waals surface area contributed by atoms with E-state index in [1.54, 1.807) is 7.11 Å². The molecule has 1 aromatic heterocycles. The first-order chi connectivity index (χ1) is 9.65. The molecule has 1 rings (SSSR count). The molecule has 5 heteroatoms. The number of hydrogen-bond donors (Lipinski definition) is 2. The SMILES string of the molecule is CCCc1nc(NC)c(C)c(NC(CCC)COC)n1. The number of rotatable bonds is 9. The van der Waals surface area contributed by atoms with Gasteiger partial charge in [-0.3, -0.25) is 0 Å². The molecule has 114 valence electrons. The molecule has 0 bridgehead atoms. The van der Waals surface area contributed by atoms with Crippen molar-refractivity contribution in [1.29, 1.82) is 0 Å². The van der Waals surface area contributed by atoms with Crippen LogP contribution >= 0.6 is 0 Å². The van der Waals surface area contributed by atoms with Crippen LogP contribution in [-0.4, -0.2) is 36.8 Å². The normalized spacial score (nSPS) is 12.2. The molecule has 1 atom stereocenters. The zero-order valence-electron chi connectivity index (χ0n) is 13.4. The molecule has 0 radical (unpaired) electrons. The van der Waals surface area contributed by atoms with Gasteiger partial charge in [-0.25, -0.2) is 9.97 Å². The van der Waals surface area contributed by atoms with Crippen molar-refractivity contribution in [3.05, 3.63) is 11.4 Å². The van der Waals surface area contributed by atoms with Gasteiger partial charge in [-0.05, 0) is 19.8 Å². The Hall–Kier alpha value is -1.36. The molecule has 0 aliphatic rings. The average Bonchev–Trinajstić information content (AvgIpc) is 2.43. The summed E-state index contributed by atoms with van der Waals surface area (Å²) >= 11 is 0. The standard InChI is InChI=1S/C15H28N4O/c1-6-8-12(10-20-5)17-15-11(3)14(16-4)18-13(19-15)9-7-2/h12H,6-10H2,1-5H3,(H2,16,17,18,19). The van der Waals surface area contributed by atoms with Gasteiger partial charge >= 0.3 is 0 Å². The Morgan fingerprint density at radius 2 is 1.85 bits per heavy atom. The Morgan fingerprint density at radius 1 is 1.15 bits per heavy atom. The topological polar surface area (TPSA) is 59.1 Å². The lowest BCUT2D eigenvalue weighted by Gasteiger charge is -2.20. The minimum absolute atomic E-state index is 0.290. The van der Waals surface area contributed by atoms with E-state index in [0.717, 1.165) is 48.7 Å². The van der Waals surface area contributed by atoms with Gasteiger partial charge in [0.1, 0.15) is 17.5 Å². The van der Waals surface area contributed by atoms with Crippen LogP contribution in [0.2, 0.25) is 0 Å². The van der Waals surface area contributed by atoms with E-state index < -0.39 is 0 Å². The number of aromatic nitrogens is 2. The Balaban J connectivity index is 2.98. The lowest BCUT2D eigenvalue weighted by Crippen LogP contribution is -2.26. The highest BCUT2D eigenvalue weighted by Crippen LogP contribution is 2.21. The second-order valence-corrected chi connectivity index (χ2v) is 5.05. The lowest BCUT2D eigenvalue weighted by molar-refractivity contribution is 0.182. The van der Waals surface area contributed by atoms with E-state index in [2.05, 4.69) is 34.4 Å². The maximum absolute atomic E-state index is 5.28. The van der Waals surface area contributed by atoms with Crippen molar-refractivity contribution in [2.45, 2.75) is 52.5 Å². The van der Waals surface area contributed by atoms with Gasteiger partial charge in [0, 0.05) is 26.1 Å². The van der Waals surface area contributed by atoms with Crippen molar-refractivity contribution in [3.8, 4) is 0 Å². The van der Waals surface area contributed by atoms with Crippen molar-refractivity contribution in [2.24, 2.45) is 0 Å². The van der Waals surface area contributed by atoms with Gasteiger partial charge in [0.15, 0.2) is 0 Å². The van der Waals surface area contributed by atoms with E-state index in [0.29, 0.717) is 6.61 Å². The first-order valence-corrected chi connectivity index (χ1v) is 7.46. The molecule has 0 aromatic carbocycles. The highest BCUT2D eigenvalue weighted by Gasteiger charge is 2.14. The number of methoxy groups -OCH3 is 1. The highest BCUT2D eigenvalue weighted by molar-refractivity contribution is 5.57. The van der Waals surface area contributed by atoms with Crippen LogP contribution in [-0.2, 0) is 11.2 Å². The molecule has 1 aromatic rings. The van der Waals surface area contributed by atoms with Crippen LogP contribution in [0.15, 0.2) is 0 Å². The molecule has 1 heterocycles. The Kier molecular flexibility index (Phi) is 7.30. The van der Waals surface area contributed by atoms with Crippen molar-refractivity contribution in [1.82, 2.24) is 9.97 Å². The van der Waals surface area contributed by atoms with E-state index in [-0.39, 0.29) is 6.04 Å². The molecule has 0 amide bonds. The van der Waals surface area contributed by atoms with Crippen LogP contribution in [0.5, 0.6) is 0 Å². The molecule has 0 saturated carbocycles. The summed E-state index contributed by atoms with van der Waals surface area (Å²) in [6, 6.07) is 0.290. The summed E-state index contributed by atoms with van der Waals surface area (Å²) in [5, 5.41) is 6.66. The van der Waals surface area contributed by atoms with Gasteiger partial charge in [0.25, 0.3) is 0 Å². The smallest absolute Gasteiger partial charge is 0.135 e. The molecule has 5 nitrogen and oxygen atoms in total. The molecule has 0 aliphatic carbocycles. The number of nitrogens with one attached hydrogen (secondary N) is 2. The predicted octanol–water partition coefficient (Wildman–Crippen LogP) is 3.01. The van der Waals surface area contributed by atoms with Crippen LogP contribution in [0.1, 0.15) is 44.5 Å². The third-order valence-electron chi connectivity index (χ3n) is 3.25. The summed E-state index contributed by atoms with van der Waals surface area (Å²) in [7, 11) is 3.63. The van der Waals surface area contributed by atoms with Crippen molar-refractivity contribution < 1.29 is 4.74 Å². The maximum Gasteiger partial charge on any atom is 0.135 e. The number of ether oxygens (including phenoxy) is 1. The Morgan fingerprint density at radius 3 is 2.40 bits per heavy atom. The fourth-order valence-corrected chi connectivity index (χ4v) is 2.22. The van der Waals surface area contributed by atoms with Crippen molar-refractivity contribution in [3.63, 3.8) is 0 Å². The van der Waals surface area contributed by atoms with Crippen molar-refractivity contribution in [2.75, 3.05) is 31.4 Å². The Bertz CT molecular complexity index is 403. The molecular formula is C15H28N4O. The molecule has 0 spiro atoms. The van der Waals surface area contributed by atoms with Crippen LogP contribution in [0.4, 0.5) is 11.6 Å². The van der Waals surface area contributed by atoms with Crippen LogP contribution < -0.4 is 10.6 Å². The second-order valence-electron chi connectivity index (χ2n) is 5.05. The largest absolute Gasteiger partial charge is 0.383 e. The number of nitrogens with zero attached hydrogens (tertiary/aromatic N) is 2. The zero-order chi connectivity index (χ0) is 15.0. The van der Waals surface area contributed by atoms with Gasteiger partial charge in [-0.1, -0.05) is 20.3 Å². The summed E-state index contributed by atoms with van der Waals surface area (Å²) in [5.74, 6) is 2.71. The average molecular weight is 280 g/mol. The summed E-state index contributed by atoms with van der Waals surface area (Å²) in [4.78, 5) is 9.20. The van der Waals surface area contributed by atoms with Gasteiger partial charge in [0.05, 0.1) is 12.6 Å². The van der Waals surface area contributed by atoms with E-state index in [1.165, 1.54) is 0 Å². The maximum atomic E-state index is 5.28. The zero-order valence-corrected chi connectivity index (χ0v) is 13.4. The highest BCUT2D eigenvalue weighted by atomic mass is 16.5. The third-order valence-corrected chi connectivity index (χ3v) is 3.25. The third kappa shape index (κ3) is 4.63. The summed E-state index contributed by atoms with van der Waals surface area (Å²) in [6.45, 7) is 7.05. The Labute approximate surface area is 122 Å². The molecule has 1 unspecified atom stereocenters. The fraction of sp³-hybridized carbons (Fsp3) is 0.733. The van der Waals surface area contributed by atoms with E-state index in [1.807, 2.05) is 14.0 Å². The monoisotopic (exact) mass is 280 g/mol. The molecule has 0 saturated heterocycles. The minimum atomic E-state index is 0.290. The second kappa shape index (κ2) is 8.74. The predicted molar refractivity (Wildman–Crippen MR) is 84.5 cm³/mol. The van der Waals surface area contributed by atoms with Gasteiger partial charge < -0.3 is 15.4 Å². The molecule has 2 N–H and O–H groups in total. The minimum Gasteiger partial charge on any atom is -0.383 e. The van der Waals surface area contributed by atoms with E-state index in [4.69, 9.17) is 4.74 Å². The van der Waals surface area contributed by atoms with Crippen LogP contribution in [0.25, 0.3) is 0 Å². The van der Waals surface area contributed by atoms with E-state index >= 15 is 0 Å². The first-order valence-electron chi connectivity index (χ1n) is 7.46. The van der Waals surface area contributed by atoms with Gasteiger partial charge in [-0.15, -0.1) is 0 Å². The summed E-state index contributed by atoms with van der Waals surface area (Å²) in [5.41, 5.74) is 1.06. The number of aryl methyl sites for hydroxylation is 1. The summed E-state index contributed by atoms with van der Waals surface area (Å²) in [6.07, 6.45) is 4.12. The molecule has 0 fully saturated rings. The quantitative estimate of drug-likeness (QED) is 0.728. The van der Waals surface area contributed by atoms with Gasteiger partial charge in [0.2, 0.25) is 0 Å². The number of hydrogen-bond acceptors (Lipinski definition) is 5. The fourth-order valence-electron chi connectivity index (χ4n) is 2.22. The molecule has 0 aliphatic heterocycles. The van der Waals surface area contributed by atoms with Crippen LogP contribution in [0.3, 0.4) is 0 Å². The molecule has 20 heavy (non-hydrogen) atoms. The van der Waals surface area contributed by atoms with Crippen molar-refractivity contribution >= 4 is 11.6 Å². The number of anilines is 2. The molecular weight excluding hydrogens is 252 g/mol.